The van der Waals surface area contributed by atoms with E-state index in [-0.39, 0.29) is 0 Å². The average molecular weight is 348 g/mol. The zero-order chi connectivity index (χ0) is 14.7. The van der Waals surface area contributed by atoms with Crippen LogP contribution in [0.2, 0.25) is 0 Å². The van der Waals surface area contributed by atoms with Gasteiger partial charge in [-0.05, 0) is 46.8 Å². The third-order valence-corrected chi connectivity index (χ3v) is 4.34. The lowest BCUT2D eigenvalue weighted by molar-refractivity contribution is 0.444. The van der Waals surface area contributed by atoms with Gasteiger partial charge in [-0.25, -0.2) is 0 Å². The van der Waals surface area contributed by atoms with E-state index in [2.05, 4.69) is 48.3 Å². The number of aromatic nitrogens is 3. The van der Waals surface area contributed by atoms with Crippen LogP contribution in [-0.4, -0.2) is 28.3 Å². The van der Waals surface area contributed by atoms with E-state index < -0.39 is 0 Å². The first-order valence-corrected chi connectivity index (χ1v) is 7.98. The molecule has 2 heterocycles. The van der Waals surface area contributed by atoms with E-state index in [9.17, 15) is 0 Å². The molecular weight excluding hydrogens is 330 g/mol. The molecule has 0 radical (unpaired) electrons. The van der Waals surface area contributed by atoms with E-state index in [1.807, 2.05) is 24.3 Å². The minimum absolute atomic E-state index is 0.526. The Morgan fingerprint density at radius 1 is 1.33 bits per heavy atom. The Balaban J connectivity index is 1.78. The van der Waals surface area contributed by atoms with Gasteiger partial charge in [0.05, 0.1) is 11.9 Å². The molecule has 2 aromatic rings. The minimum atomic E-state index is 0.526. The van der Waals surface area contributed by atoms with Crippen LogP contribution in [0.25, 0.3) is 0 Å². The van der Waals surface area contributed by atoms with Crippen LogP contribution in [0.5, 0.6) is 0 Å². The summed E-state index contributed by atoms with van der Waals surface area (Å²) in [6.07, 6.45) is 4.23. The molecule has 1 saturated heterocycles. The van der Waals surface area contributed by atoms with Gasteiger partial charge in [0.2, 0.25) is 5.95 Å². The monoisotopic (exact) mass is 347 g/mol. The molecule has 0 spiro atoms. The molecule has 1 unspecified atom stereocenters. The van der Waals surface area contributed by atoms with Gasteiger partial charge in [-0.1, -0.05) is 19.1 Å². The SMILES string of the molecule is CC1CCCN(c2cnnc(Nc3ccccc3Br)n2)C1. The molecule has 1 N–H and O–H groups in total. The molecular formula is C15H18BrN5. The number of piperidine rings is 1. The summed E-state index contributed by atoms with van der Waals surface area (Å²) in [4.78, 5) is 6.87. The standard InChI is InChI=1S/C15H18BrN5/c1-11-5-4-8-21(10-11)14-9-17-20-15(19-14)18-13-7-3-2-6-12(13)16/h2-3,6-7,9,11H,4-5,8,10H2,1H3,(H,18,19,20). The van der Waals surface area contributed by atoms with Gasteiger partial charge < -0.3 is 10.2 Å². The van der Waals surface area contributed by atoms with E-state index in [0.717, 1.165) is 29.1 Å². The van der Waals surface area contributed by atoms with Gasteiger partial charge in [-0.2, -0.15) is 10.1 Å². The van der Waals surface area contributed by atoms with Crippen molar-refractivity contribution < 1.29 is 0 Å². The number of hydrogen-bond donors (Lipinski definition) is 1. The molecule has 0 bridgehead atoms. The minimum Gasteiger partial charge on any atom is -0.355 e. The van der Waals surface area contributed by atoms with Crippen LogP contribution in [0.1, 0.15) is 19.8 Å². The Hall–Kier alpha value is -1.69. The highest BCUT2D eigenvalue weighted by molar-refractivity contribution is 9.10. The van der Waals surface area contributed by atoms with Crippen LogP contribution in [-0.2, 0) is 0 Å². The van der Waals surface area contributed by atoms with E-state index in [1.54, 1.807) is 6.20 Å². The molecule has 3 rings (SSSR count). The second-order valence-electron chi connectivity index (χ2n) is 5.44. The number of hydrogen-bond acceptors (Lipinski definition) is 5. The summed E-state index contributed by atoms with van der Waals surface area (Å²) < 4.78 is 0.977. The summed E-state index contributed by atoms with van der Waals surface area (Å²) in [5.41, 5.74) is 0.934. The lowest BCUT2D eigenvalue weighted by Crippen LogP contribution is -2.35. The highest BCUT2D eigenvalue weighted by atomic mass is 79.9. The Labute approximate surface area is 132 Å². The first-order valence-electron chi connectivity index (χ1n) is 7.18. The predicted octanol–water partition coefficient (Wildman–Crippen LogP) is 3.61. The number of rotatable bonds is 3. The maximum Gasteiger partial charge on any atom is 0.249 e. The summed E-state index contributed by atoms with van der Waals surface area (Å²) >= 11 is 3.51. The fourth-order valence-corrected chi connectivity index (χ4v) is 2.96. The van der Waals surface area contributed by atoms with Crippen LogP contribution >= 0.6 is 15.9 Å². The molecule has 1 aliphatic heterocycles. The Morgan fingerprint density at radius 3 is 3.00 bits per heavy atom. The lowest BCUT2D eigenvalue weighted by atomic mass is 10.0. The van der Waals surface area contributed by atoms with Crippen molar-refractivity contribution in [1.82, 2.24) is 15.2 Å². The smallest absolute Gasteiger partial charge is 0.249 e. The highest BCUT2D eigenvalue weighted by Gasteiger charge is 2.18. The second kappa shape index (κ2) is 6.39. The average Bonchev–Trinajstić information content (AvgIpc) is 2.50. The van der Waals surface area contributed by atoms with Gasteiger partial charge in [0.15, 0.2) is 5.82 Å². The normalized spacial score (nSPS) is 18.6. The zero-order valence-electron chi connectivity index (χ0n) is 12.0. The molecule has 1 fully saturated rings. The second-order valence-corrected chi connectivity index (χ2v) is 6.29. The topological polar surface area (TPSA) is 53.9 Å². The van der Waals surface area contributed by atoms with Gasteiger partial charge in [0, 0.05) is 17.6 Å². The first-order chi connectivity index (χ1) is 10.2. The fraction of sp³-hybridized carbons (Fsp3) is 0.400. The molecule has 0 amide bonds. The van der Waals surface area contributed by atoms with E-state index >= 15 is 0 Å². The Bertz CT molecular complexity index is 619. The molecule has 1 aromatic carbocycles. The third kappa shape index (κ3) is 3.50. The summed E-state index contributed by atoms with van der Waals surface area (Å²) in [5.74, 6) is 2.12. The fourth-order valence-electron chi connectivity index (χ4n) is 2.58. The van der Waals surface area contributed by atoms with Crippen LogP contribution in [0.4, 0.5) is 17.5 Å². The van der Waals surface area contributed by atoms with E-state index in [4.69, 9.17) is 0 Å². The van der Waals surface area contributed by atoms with Crippen molar-refractivity contribution in [3.8, 4) is 0 Å². The molecule has 1 aliphatic rings. The van der Waals surface area contributed by atoms with Crippen LogP contribution in [0.3, 0.4) is 0 Å². The predicted molar refractivity (Wildman–Crippen MR) is 87.9 cm³/mol. The van der Waals surface area contributed by atoms with Gasteiger partial charge in [0.25, 0.3) is 0 Å². The molecule has 110 valence electrons. The number of anilines is 3. The largest absolute Gasteiger partial charge is 0.355 e. The summed E-state index contributed by atoms with van der Waals surface area (Å²) in [6.45, 7) is 4.35. The number of halogens is 1. The van der Waals surface area contributed by atoms with Crippen LogP contribution in [0.15, 0.2) is 34.9 Å². The molecule has 6 heteroatoms. The Morgan fingerprint density at radius 2 is 2.19 bits per heavy atom. The number of nitrogens with one attached hydrogen (secondary N) is 1. The summed E-state index contributed by atoms with van der Waals surface area (Å²) in [5, 5.41) is 11.4. The first kappa shape index (κ1) is 14.3. The molecule has 0 aliphatic carbocycles. The van der Waals surface area contributed by atoms with Gasteiger partial charge in [-0.15, -0.1) is 5.10 Å². The maximum absolute atomic E-state index is 4.59. The van der Waals surface area contributed by atoms with Crippen molar-refractivity contribution in [1.29, 1.82) is 0 Å². The molecule has 21 heavy (non-hydrogen) atoms. The maximum atomic E-state index is 4.59. The zero-order valence-corrected chi connectivity index (χ0v) is 13.5. The van der Waals surface area contributed by atoms with Crippen molar-refractivity contribution >= 4 is 33.4 Å². The number of para-hydroxylation sites is 1. The van der Waals surface area contributed by atoms with Crippen LogP contribution < -0.4 is 10.2 Å². The van der Waals surface area contributed by atoms with Crippen molar-refractivity contribution in [2.24, 2.45) is 5.92 Å². The van der Waals surface area contributed by atoms with Gasteiger partial charge in [0.1, 0.15) is 0 Å². The molecule has 5 nitrogen and oxygen atoms in total. The van der Waals surface area contributed by atoms with Crippen molar-refractivity contribution in [3.05, 3.63) is 34.9 Å². The van der Waals surface area contributed by atoms with Crippen LogP contribution in [0, 0.1) is 5.92 Å². The highest BCUT2D eigenvalue weighted by Crippen LogP contribution is 2.25. The third-order valence-electron chi connectivity index (χ3n) is 3.65. The molecule has 1 aromatic heterocycles. The number of benzene rings is 1. The van der Waals surface area contributed by atoms with E-state index in [0.29, 0.717) is 11.9 Å². The van der Waals surface area contributed by atoms with Crippen molar-refractivity contribution in [2.45, 2.75) is 19.8 Å². The van der Waals surface area contributed by atoms with E-state index in [1.165, 1.54) is 12.8 Å². The summed E-state index contributed by atoms with van der Waals surface area (Å²) in [7, 11) is 0. The lowest BCUT2D eigenvalue weighted by Gasteiger charge is -2.31. The quantitative estimate of drug-likeness (QED) is 0.918. The Kier molecular flexibility index (Phi) is 4.34. The van der Waals surface area contributed by atoms with Gasteiger partial charge >= 0.3 is 0 Å². The summed E-state index contributed by atoms with van der Waals surface area (Å²) in [6, 6.07) is 7.89. The van der Waals surface area contributed by atoms with Gasteiger partial charge in [-0.3, -0.25) is 0 Å². The number of nitrogens with zero attached hydrogens (tertiary/aromatic N) is 4. The van der Waals surface area contributed by atoms with Crippen molar-refractivity contribution in [3.63, 3.8) is 0 Å². The molecule has 0 saturated carbocycles. The van der Waals surface area contributed by atoms with Crippen molar-refractivity contribution in [2.75, 3.05) is 23.3 Å². The molecule has 1 atom stereocenters.